The molecule has 2 aliphatic heterocycles. The Labute approximate surface area is 298 Å². The first-order valence-electron chi connectivity index (χ1n) is 17.7. The highest BCUT2D eigenvalue weighted by molar-refractivity contribution is 6.10. The topological polar surface area (TPSA) is 145 Å². The van der Waals surface area contributed by atoms with Crippen LogP contribution in [0.15, 0.2) is 48.7 Å². The molecule has 3 atom stereocenters. The number of hydrogen-bond acceptors (Lipinski definition) is 8. The number of carbonyl (C=O) groups is 4. The van der Waals surface area contributed by atoms with Gasteiger partial charge in [-0.05, 0) is 102 Å². The molecule has 0 radical (unpaired) electrons. The molecule has 0 unspecified atom stereocenters. The summed E-state index contributed by atoms with van der Waals surface area (Å²) in [5.74, 6) is -1.25. The summed E-state index contributed by atoms with van der Waals surface area (Å²) in [6.07, 6.45) is 4.28. The van der Waals surface area contributed by atoms with Crippen molar-refractivity contribution in [3.63, 3.8) is 0 Å². The van der Waals surface area contributed by atoms with Crippen LogP contribution in [-0.2, 0) is 30.4 Å². The Bertz CT molecular complexity index is 1890. The fourth-order valence-corrected chi connectivity index (χ4v) is 6.92. The van der Waals surface area contributed by atoms with E-state index in [1.807, 2.05) is 30.5 Å². The number of benzene rings is 2. The molecule has 1 aromatic heterocycles. The van der Waals surface area contributed by atoms with E-state index in [0.717, 1.165) is 34.9 Å². The minimum atomic E-state index is -1.20. The molecule has 3 aromatic rings. The van der Waals surface area contributed by atoms with Crippen molar-refractivity contribution >= 4 is 46.1 Å². The maximum absolute atomic E-state index is 15.1. The fourth-order valence-electron chi connectivity index (χ4n) is 6.92. The zero-order chi connectivity index (χ0) is 36.6. The lowest BCUT2D eigenvalue weighted by Crippen LogP contribution is -2.61. The molecule has 1 saturated heterocycles. The van der Waals surface area contributed by atoms with Gasteiger partial charge in [0.2, 0.25) is 11.8 Å². The summed E-state index contributed by atoms with van der Waals surface area (Å²) < 4.78 is 11.1. The van der Waals surface area contributed by atoms with Crippen LogP contribution in [0, 0.1) is 17.2 Å². The van der Waals surface area contributed by atoms with Crippen molar-refractivity contribution in [2.45, 2.75) is 96.5 Å². The monoisotopic (exact) mass is 694 g/mol. The molecular weight excluding hydrogens is 648 g/mol. The molecule has 1 saturated carbocycles. The summed E-state index contributed by atoms with van der Waals surface area (Å²) in [7, 11) is 1.47. The number of nitrogens with one attached hydrogen (secondary N) is 1. The molecule has 1 aliphatic carbocycles. The number of likely N-dealkylation sites (N-methyl/N-ethyl adjacent to an activating group) is 1. The number of carbonyl (C=O) groups excluding carboxylic acids is 4. The van der Waals surface area contributed by atoms with Crippen LogP contribution >= 0.6 is 0 Å². The zero-order valence-corrected chi connectivity index (χ0v) is 30.1. The van der Waals surface area contributed by atoms with E-state index >= 15 is 4.79 Å². The van der Waals surface area contributed by atoms with E-state index in [2.05, 4.69) is 11.4 Å². The highest BCUT2D eigenvalue weighted by Gasteiger charge is 2.45. The van der Waals surface area contributed by atoms with E-state index in [0.29, 0.717) is 48.9 Å². The third-order valence-electron chi connectivity index (χ3n) is 10.1. The molecule has 268 valence electrons. The van der Waals surface area contributed by atoms with Crippen LogP contribution in [0.1, 0.15) is 82.9 Å². The Morgan fingerprint density at radius 2 is 1.80 bits per heavy atom. The molecule has 2 fully saturated rings. The van der Waals surface area contributed by atoms with Gasteiger partial charge in [-0.3, -0.25) is 24.3 Å². The highest BCUT2D eigenvalue weighted by Crippen LogP contribution is 2.45. The molecule has 4 amide bonds. The third kappa shape index (κ3) is 7.40. The van der Waals surface area contributed by atoms with Crippen LogP contribution in [0.2, 0.25) is 0 Å². The number of fused-ring (bicyclic) bond motifs is 2. The van der Waals surface area contributed by atoms with Crippen molar-refractivity contribution < 1.29 is 28.7 Å². The van der Waals surface area contributed by atoms with Crippen LogP contribution < -0.4 is 15.1 Å². The minimum Gasteiger partial charge on any atom is -0.444 e. The maximum atomic E-state index is 15.1. The molecule has 12 heteroatoms. The number of hydrogen-bond donors (Lipinski definition) is 1. The summed E-state index contributed by atoms with van der Waals surface area (Å²) in [5, 5.41) is 13.8. The van der Waals surface area contributed by atoms with Crippen LogP contribution in [0.3, 0.4) is 0 Å². The van der Waals surface area contributed by atoms with Gasteiger partial charge in [-0.25, -0.2) is 4.79 Å². The average Bonchev–Trinajstić information content (AvgIpc) is 3.97. The van der Waals surface area contributed by atoms with Crippen molar-refractivity contribution in [3.05, 3.63) is 65.4 Å². The lowest BCUT2D eigenvalue weighted by Gasteiger charge is -2.36. The van der Waals surface area contributed by atoms with Crippen molar-refractivity contribution in [2.24, 2.45) is 5.92 Å². The predicted molar refractivity (Wildman–Crippen MR) is 192 cm³/mol. The van der Waals surface area contributed by atoms with Crippen molar-refractivity contribution in [1.82, 2.24) is 15.2 Å². The molecule has 0 bridgehead atoms. The van der Waals surface area contributed by atoms with E-state index < -0.39 is 41.6 Å². The van der Waals surface area contributed by atoms with E-state index in [1.165, 1.54) is 11.9 Å². The summed E-state index contributed by atoms with van der Waals surface area (Å²) in [5.41, 5.74) is 3.26. The SMILES string of the molecule is C[C@@H](C(=O)N[C@@H]1C(=O)N(Cc2c(C3CC3)cnc3ccccc23)c2ccc(C#N)cc2N(C(=O)C2CCOCC2)[C@H]1C)N(C)C(=O)OC(C)(C)C. The Kier molecular flexibility index (Phi) is 10.0. The Hall–Kier alpha value is -5.02. The number of amides is 4. The van der Waals surface area contributed by atoms with E-state index in [9.17, 15) is 19.6 Å². The number of aromatic nitrogens is 1. The van der Waals surface area contributed by atoms with Gasteiger partial charge in [0, 0.05) is 37.8 Å². The largest absolute Gasteiger partial charge is 0.444 e. The Balaban J connectivity index is 1.46. The second-order valence-electron chi connectivity index (χ2n) is 14.8. The molecule has 12 nitrogen and oxygen atoms in total. The van der Waals surface area contributed by atoms with Gasteiger partial charge in [0.1, 0.15) is 17.7 Å². The second-order valence-corrected chi connectivity index (χ2v) is 14.8. The van der Waals surface area contributed by atoms with Crippen molar-refractivity contribution in [3.8, 4) is 6.07 Å². The first-order valence-corrected chi connectivity index (χ1v) is 17.7. The maximum Gasteiger partial charge on any atom is 0.410 e. The first-order chi connectivity index (χ1) is 24.3. The number of anilines is 2. The molecule has 51 heavy (non-hydrogen) atoms. The zero-order valence-electron chi connectivity index (χ0n) is 30.1. The van der Waals surface area contributed by atoms with Crippen molar-refractivity contribution in [1.29, 1.82) is 5.26 Å². The number of ether oxygens (including phenoxy) is 2. The van der Waals surface area contributed by atoms with Gasteiger partial charge < -0.3 is 24.6 Å². The van der Waals surface area contributed by atoms with Gasteiger partial charge >= 0.3 is 6.09 Å². The molecule has 2 aromatic carbocycles. The number of nitrogens with zero attached hydrogens (tertiary/aromatic N) is 5. The Morgan fingerprint density at radius 1 is 1.10 bits per heavy atom. The van der Waals surface area contributed by atoms with Crippen LogP contribution in [-0.4, -0.2) is 77.7 Å². The minimum absolute atomic E-state index is 0.151. The predicted octanol–water partition coefficient (Wildman–Crippen LogP) is 5.42. The number of pyridine rings is 1. The molecule has 0 spiro atoms. The standard InChI is InChI=1S/C39H46N6O6/c1-23-34(42-35(46)24(2)43(6)38(49)51-39(3,4)5)37(48)44(22-30-28-9-7-8-10-31(28)41-21-29(30)26-12-13-26)32-14-11-25(20-40)19-33(32)45(23)36(47)27-15-17-50-18-16-27/h7-11,14,19,21,23-24,26-27,34H,12-13,15-18,22H2,1-6H3,(H,42,46)/t23-,24-,34-/m0/s1. The van der Waals surface area contributed by atoms with E-state index in [1.54, 1.807) is 62.6 Å². The average molecular weight is 695 g/mol. The lowest BCUT2D eigenvalue weighted by molar-refractivity contribution is -0.131. The van der Waals surface area contributed by atoms with Gasteiger partial charge in [0.05, 0.1) is 41.1 Å². The van der Waals surface area contributed by atoms with Gasteiger partial charge in [0.15, 0.2) is 0 Å². The fraction of sp³-hybridized carbons (Fsp3) is 0.487. The normalized spacial score (nSPS) is 20.2. The third-order valence-corrected chi connectivity index (χ3v) is 10.1. The molecular formula is C39H46N6O6. The van der Waals surface area contributed by atoms with Crippen LogP contribution in [0.4, 0.5) is 16.2 Å². The van der Waals surface area contributed by atoms with E-state index in [-0.39, 0.29) is 18.4 Å². The quantitative estimate of drug-likeness (QED) is 0.345. The number of nitriles is 1. The molecule has 6 rings (SSSR count). The molecule has 1 N–H and O–H groups in total. The van der Waals surface area contributed by atoms with Gasteiger partial charge in [-0.1, -0.05) is 18.2 Å². The van der Waals surface area contributed by atoms with E-state index in [4.69, 9.17) is 14.5 Å². The van der Waals surface area contributed by atoms with Gasteiger partial charge in [0.25, 0.3) is 5.91 Å². The summed E-state index contributed by atoms with van der Waals surface area (Å²) in [6, 6.07) is 12.0. The second kappa shape index (κ2) is 14.3. The number of para-hydroxylation sites is 1. The highest BCUT2D eigenvalue weighted by atomic mass is 16.6. The molecule has 3 heterocycles. The van der Waals surface area contributed by atoms with Gasteiger partial charge in [-0.15, -0.1) is 0 Å². The number of rotatable bonds is 7. The smallest absolute Gasteiger partial charge is 0.410 e. The summed E-state index contributed by atoms with van der Waals surface area (Å²) >= 11 is 0. The Morgan fingerprint density at radius 3 is 2.47 bits per heavy atom. The van der Waals surface area contributed by atoms with Crippen LogP contribution in [0.5, 0.6) is 0 Å². The lowest BCUT2D eigenvalue weighted by atomic mass is 9.96. The first kappa shape index (κ1) is 35.8. The summed E-state index contributed by atoms with van der Waals surface area (Å²) in [4.78, 5) is 65.6. The molecule has 3 aliphatic rings. The summed E-state index contributed by atoms with van der Waals surface area (Å²) in [6.45, 7) is 9.54. The van der Waals surface area contributed by atoms with Gasteiger partial charge in [-0.2, -0.15) is 5.26 Å². The van der Waals surface area contributed by atoms with Crippen molar-refractivity contribution in [2.75, 3.05) is 30.1 Å². The van der Waals surface area contributed by atoms with Crippen LogP contribution in [0.25, 0.3) is 10.9 Å².